The SMILES string of the molecule is Fc1ccc(Br)c(NCc2cccc3ccccc23)c1. The van der Waals surface area contributed by atoms with Crippen molar-refractivity contribution < 1.29 is 4.39 Å². The Kier molecular flexibility index (Phi) is 3.70. The Labute approximate surface area is 125 Å². The van der Waals surface area contributed by atoms with Gasteiger partial charge >= 0.3 is 0 Å². The van der Waals surface area contributed by atoms with E-state index in [0.29, 0.717) is 6.54 Å². The molecule has 0 spiro atoms. The number of rotatable bonds is 3. The molecule has 0 atom stereocenters. The molecule has 0 saturated carbocycles. The average molecular weight is 330 g/mol. The molecule has 0 heterocycles. The molecule has 3 aromatic carbocycles. The van der Waals surface area contributed by atoms with Crippen LogP contribution < -0.4 is 5.32 Å². The van der Waals surface area contributed by atoms with Gasteiger partial charge in [0.15, 0.2) is 0 Å². The molecule has 3 rings (SSSR count). The van der Waals surface area contributed by atoms with Gasteiger partial charge in [0, 0.05) is 11.0 Å². The summed E-state index contributed by atoms with van der Waals surface area (Å²) in [5.41, 5.74) is 1.96. The maximum absolute atomic E-state index is 13.3. The summed E-state index contributed by atoms with van der Waals surface area (Å²) < 4.78 is 14.1. The third kappa shape index (κ3) is 2.68. The molecule has 100 valence electrons. The lowest BCUT2D eigenvalue weighted by Gasteiger charge is -2.11. The number of halogens is 2. The molecule has 0 bridgehead atoms. The Hall–Kier alpha value is -1.87. The van der Waals surface area contributed by atoms with Crippen LogP contribution in [-0.2, 0) is 6.54 Å². The van der Waals surface area contributed by atoms with Gasteiger partial charge in [0.25, 0.3) is 0 Å². The van der Waals surface area contributed by atoms with Crippen molar-refractivity contribution in [2.75, 3.05) is 5.32 Å². The van der Waals surface area contributed by atoms with Crippen molar-refractivity contribution in [1.82, 2.24) is 0 Å². The third-order valence-electron chi connectivity index (χ3n) is 3.28. The van der Waals surface area contributed by atoms with E-state index in [4.69, 9.17) is 0 Å². The minimum absolute atomic E-state index is 0.242. The standard InChI is InChI=1S/C17H13BrFN/c18-16-9-8-14(19)10-17(16)20-11-13-6-3-5-12-4-1-2-7-15(12)13/h1-10,20H,11H2. The smallest absolute Gasteiger partial charge is 0.125 e. The summed E-state index contributed by atoms with van der Waals surface area (Å²) >= 11 is 3.42. The molecule has 0 radical (unpaired) electrons. The molecule has 0 amide bonds. The number of nitrogens with one attached hydrogen (secondary N) is 1. The summed E-state index contributed by atoms with van der Waals surface area (Å²) in [6.45, 7) is 0.656. The quantitative estimate of drug-likeness (QED) is 0.682. The summed E-state index contributed by atoms with van der Waals surface area (Å²) in [6.07, 6.45) is 0. The van der Waals surface area contributed by atoms with Crippen molar-refractivity contribution in [2.45, 2.75) is 6.54 Å². The normalized spacial score (nSPS) is 10.7. The van der Waals surface area contributed by atoms with Gasteiger partial charge in [0.2, 0.25) is 0 Å². The van der Waals surface area contributed by atoms with Crippen LogP contribution in [0.15, 0.2) is 65.1 Å². The second kappa shape index (κ2) is 5.63. The maximum atomic E-state index is 13.3. The van der Waals surface area contributed by atoms with Gasteiger partial charge in [-0.3, -0.25) is 0 Å². The van der Waals surface area contributed by atoms with Crippen molar-refractivity contribution in [1.29, 1.82) is 0 Å². The predicted molar refractivity (Wildman–Crippen MR) is 85.4 cm³/mol. The van der Waals surface area contributed by atoms with Crippen molar-refractivity contribution in [3.8, 4) is 0 Å². The zero-order valence-electron chi connectivity index (χ0n) is 10.7. The molecule has 0 saturated heterocycles. The predicted octanol–water partition coefficient (Wildman–Crippen LogP) is 5.35. The summed E-state index contributed by atoms with van der Waals surface area (Å²) in [6, 6.07) is 19.1. The fourth-order valence-electron chi connectivity index (χ4n) is 2.27. The highest BCUT2D eigenvalue weighted by molar-refractivity contribution is 9.10. The first-order valence-corrected chi connectivity index (χ1v) is 7.19. The highest BCUT2D eigenvalue weighted by atomic mass is 79.9. The molecule has 1 nitrogen and oxygen atoms in total. The fraction of sp³-hybridized carbons (Fsp3) is 0.0588. The van der Waals surface area contributed by atoms with Crippen molar-refractivity contribution in [3.05, 3.63) is 76.5 Å². The number of anilines is 1. The van der Waals surface area contributed by atoms with Crippen LogP contribution in [0.2, 0.25) is 0 Å². The third-order valence-corrected chi connectivity index (χ3v) is 3.97. The van der Waals surface area contributed by atoms with Crippen molar-refractivity contribution >= 4 is 32.4 Å². The summed E-state index contributed by atoms with van der Waals surface area (Å²) in [7, 11) is 0. The lowest BCUT2D eigenvalue weighted by Crippen LogP contribution is -2.01. The van der Waals surface area contributed by atoms with Crippen LogP contribution in [0.3, 0.4) is 0 Å². The van der Waals surface area contributed by atoms with Crippen molar-refractivity contribution in [3.63, 3.8) is 0 Å². The molecular weight excluding hydrogens is 317 g/mol. The average Bonchev–Trinajstić information content (AvgIpc) is 2.48. The van der Waals surface area contributed by atoms with E-state index in [-0.39, 0.29) is 5.82 Å². The molecule has 3 aromatic rings. The van der Waals surface area contributed by atoms with Crippen LogP contribution in [0.1, 0.15) is 5.56 Å². The second-order valence-electron chi connectivity index (χ2n) is 4.62. The Balaban J connectivity index is 1.89. The molecule has 0 aromatic heterocycles. The Morgan fingerprint density at radius 2 is 1.75 bits per heavy atom. The minimum atomic E-state index is -0.242. The van der Waals surface area contributed by atoms with E-state index in [1.807, 2.05) is 18.2 Å². The number of hydrogen-bond donors (Lipinski definition) is 1. The van der Waals surface area contributed by atoms with E-state index in [1.165, 1.54) is 28.5 Å². The van der Waals surface area contributed by atoms with Gasteiger partial charge in [-0.25, -0.2) is 4.39 Å². The lowest BCUT2D eigenvalue weighted by molar-refractivity contribution is 0.628. The summed E-state index contributed by atoms with van der Waals surface area (Å²) in [5, 5.41) is 5.71. The van der Waals surface area contributed by atoms with Gasteiger partial charge in [-0.05, 0) is 50.5 Å². The van der Waals surface area contributed by atoms with Crippen LogP contribution in [-0.4, -0.2) is 0 Å². The highest BCUT2D eigenvalue weighted by Gasteiger charge is 2.03. The lowest BCUT2D eigenvalue weighted by atomic mass is 10.0. The minimum Gasteiger partial charge on any atom is -0.380 e. The monoisotopic (exact) mass is 329 g/mol. The topological polar surface area (TPSA) is 12.0 Å². The van der Waals surface area contributed by atoms with E-state index >= 15 is 0 Å². The highest BCUT2D eigenvalue weighted by Crippen LogP contribution is 2.25. The first-order chi connectivity index (χ1) is 9.74. The second-order valence-corrected chi connectivity index (χ2v) is 5.47. The van der Waals surface area contributed by atoms with Gasteiger partial charge in [0.1, 0.15) is 5.82 Å². The van der Waals surface area contributed by atoms with Gasteiger partial charge in [-0.1, -0.05) is 42.5 Å². The van der Waals surface area contributed by atoms with E-state index in [0.717, 1.165) is 10.2 Å². The van der Waals surface area contributed by atoms with Gasteiger partial charge < -0.3 is 5.32 Å². The molecule has 0 fully saturated rings. The zero-order valence-corrected chi connectivity index (χ0v) is 12.3. The van der Waals surface area contributed by atoms with Gasteiger partial charge in [-0.15, -0.1) is 0 Å². The summed E-state index contributed by atoms with van der Waals surface area (Å²) in [5.74, 6) is -0.242. The van der Waals surface area contributed by atoms with Gasteiger partial charge in [0.05, 0.1) is 5.69 Å². The molecular formula is C17H13BrFN. The molecule has 0 aliphatic heterocycles. The van der Waals surface area contributed by atoms with E-state index < -0.39 is 0 Å². The molecule has 0 unspecified atom stereocenters. The maximum Gasteiger partial charge on any atom is 0.125 e. The van der Waals surface area contributed by atoms with Crippen LogP contribution in [0, 0.1) is 5.82 Å². The van der Waals surface area contributed by atoms with Crippen LogP contribution in [0.25, 0.3) is 10.8 Å². The largest absolute Gasteiger partial charge is 0.380 e. The first-order valence-electron chi connectivity index (χ1n) is 6.39. The van der Waals surface area contributed by atoms with E-state index in [1.54, 1.807) is 6.07 Å². The summed E-state index contributed by atoms with van der Waals surface area (Å²) in [4.78, 5) is 0. The Bertz CT molecular complexity index is 750. The first kappa shape index (κ1) is 13.1. The fourth-order valence-corrected chi connectivity index (χ4v) is 2.66. The zero-order chi connectivity index (χ0) is 13.9. The van der Waals surface area contributed by atoms with Crippen LogP contribution >= 0.6 is 15.9 Å². The molecule has 0 aliphatic rings. The molecule has 3 heteroatoms. The van der Waals surface area contributed by atoms with E-state index in [9.17, 15) is 4.39 Å². The van der Waals surface area contributed by atoms with Crippen LogP contribution in [0.4, 0.5) is 10.1 Å². The number of benzene rings is 3. The van der Waals surface area contributed by atoms with Crippen LogP contribution in [0.5, 0.6) is 0 Å². The number of hydrogen-bond acceptors (Lipinski definition) is 1. The molecule has 1 N–H and O–H groups in total. The number of fused-ring (bicyclic) bond motifs is 1. The molecule has 0 aliphatic carbocycles. The van der Waals surface area contributed by atoms with Gasteiger partial charge in [-0.2, -0.15) is 0 Å². The molecule has 20 heavy (non-hydrogen) atoms. The van der Waals surface area contributed by atoms with Crippen molar-refractivity contribution in [2.24, 2.45) is 0 Å². The van der Waals surface area contributed by atoms with E-state index in [2.05, 4.69) is 45.5 Å². The Morgan fingerprint density at radius 3 is 2.65 bits per heavy atom. The Morgan fingerprint density at radius 1 is 0.950 bits per heavy atom.